The van der Waals surface area contributed by atoms with Gasteiger partial charge in [-0.05, 0) is 55.3 Å². The third-order valence-corrected chi connectivity index (χ3v) is 3.65. The minimum atomic E-state index is -0.268. The maximum Gasteiger partial charge on any atom is 0.135 e. The molecule has 0 unspecified atom stereocenters. The van der Waals surface area contributed by atoms with Gasteiger partial charge in [-0.2, -0.15) is 0 Å². The van der Waals surface area contributed by atoms with E-state index < -0.39 is 0 Å². The van der Waals surface area contributed by atoms with E-state index in [2.05, 4.69) is 40.5 Å². The van der Waals surface area contributed by atoms with Gasteiger partial charge in [0.05, 0.1) is 0 Å². The number of aromatic nitrogens is 2. The van der Waals surface area contributed by atoms with Gasteiger partial charge in [-0.25, -0.2) is 14.4 Å². The molecule has 0 fully saturated rings. The van der Waals surface area contributed by atoms with Gasteiger partial charge in [0.15, 0.2) is 0 Å². The van der Waals surface area contributed by atoms with Crippen LogP contribution in [0.4, 0.5) is 27.4 Å². The Morgan fingerprint density at radius 2 is 1.57 bits per heavy atom. The van der Waals surface area contributed by atoms with E-state index in [1.807, 2.05) is 18.2 Å². The molecule has 0 aliphatic heterocycles. The molecule has 0 radical (unpaired) electrons. The molecule has 0 saturated carbocycles. The Bertz CT molecular complexity index is 816. The molecule has 4 nitrogen and oxygen atoms in total. The highest BCUT2D eigenvalue weighted by atomic mass is 19.1. The smallest absolute Gasteiger partial charge is 0.135 e. The molecular formula is C18H17FN4. The van der Waals surface area contributed by atoms with Gasteiger partial charge in [0.2, 0.25) is 0 Å². The highest BCUT2D eigenvalue weighted by Gasteiger charge is 2.04. The summed E-state index contributed by atoms with van der Waals surface area (Å²) >= 11 is 0. The lowest BCUT2D eigenvalue weighted by Gasteiger charge is -2.12. The first kappa shape index (κ1) is 15.0. The van der Waals surface area contributed by atoms with Crippen molar-refractivity contribution in [2.45, 2.75) is 13.8 Å². The Labute approximate surface area is 134 Å². The Kier molecular flexibility index (Phi) is 4.19. The van der Waals surface area contributed by atoms with Gasteiger partial charge >= 0.3 is 0 Å². The summed E-state index contributed by atoms with van der Waals surface area (Å²) in [6, 6.07) is 14.0. The van der Waals surface area contributed by atoms with E-state index in [9.17, 15) is 4.39 Å². The van der Waals surface area contributed by atoms with E-state index in [0.717, 1.165) is 11.4 Å². The zero-order valence-corrected chi connectivity index (χ0v) is 13.0. The molecule has 0 spiro atoms. The highest BCUT2D eigenvalue weighted by molar-refractivity contribution is 5.65. The van der Waals surface area contributed by atoms with Gasteiger partial charge in [-0.15, -0.1) is 0 Å². The van der Waals surface area contributed by atoms with Crippen LogP contribution in [0.5, 0.6) is 0 Å². The third-order valence-electron chi connectivity index (χ3n) is 3.65. The van der Waals surface area contributed by atoms with Crippen molar-refractivity contribution in [3.05, 3.63) is 71.8 Å². The van der Waals surface area contributed by atoms with Crippen LogP contribution >= 0.6 is 0 Å². The van der Waals surface area contributed by atoms with E-state index in [1.165, 1.54) is 29.6 Å². The van der Waals surface area contributed by atoms with Crippen LogP contribution < -0.4 is 10.6 Å². The lowest BCUT2D eigenvalue weighted by Crippen LogP contribution is -2.00. The first-order chi connectivity index (χ1) is 11.1. The van der Waals surface area contributed by atoms with Gasteiger partial charge in [0.25, 0.3) is 0 Å². The number of nitrogens with one attached hydrogen (secondary N) is 2. The molecule has 23 heavy (non-hydrogen) atoms. The van der Waals surface area contributed by atoms with Crippen molar-refractivity contribution in [2.75, 3.05) is 10.6 Å². The molecule has 1 heterocycles. The van der Waals surface area contributed by atoms with Crippen LogP contribution in [-0.2, 0) is 0 Å². The van der Waals surface area contributed by atoms with Crippen molar-refractivity contribution >= 4 is 23.0 Å². The molecule has 116 valence electrons. The number of anilines is 4. The second-order valence-corrected chi connectivity index (χ2v) is 5.29. The number of aryl methyl sites for hydroxylation is 1. The van der Waals surface area contributed by atoms with Crippen LogP contribution in [0.1, 0.15) is 11.1 Å². The second-order valence-electron chi connectivity index (χ2n) is 5.29. The lowest BCUT2D eigenvalue weighted by atomic mass is 10.1. The predicted molar refractivity (Wildman–Crippen MR) is 90.9 cm³/mol. The Balaban J connectivity index is 1.79. The van der Waals surface area contributed by atoms with Crippen LogP contribution in [0, 0.1) is 19.7 Å². The molecule has 0 saturated heterocycles. The molecule has 0 amide bonds. The van der Waals surface area contributed by atoms with Crippen LogP contribution in [0.2, 0.25) is 0 Å². The molecule has 0 atom stereocenters. The van der Waals surface area contributed by atoms with Crippen LogP contribution in [-0.4, -0.2) is 9.97 Å². The fraction of sp³-hybridized carbons (Fsp3) is 0.111. The molecule has 3 aromatic rings. The average Bonchev–Trinajstić information content (AvgIpc) is 2.54. The molecule has 2 N–H and O–H groups in total. The number of rotatable bonds is 4. The topological polar surface area (TPSA) is 49.8 Å². The first-order valence-electron chi connectivity index (χ1n) is 7.30. The van der Waals surface area contributed by atoms with Gasteiger partial charge in [-0.3, -0.25) is 0 Å². The third kappa shape index (κ3) is 3.63. The predicted octanol–water partition coefficient (Wildman–Crippen LogP) is 4.72. The van der Waals surface area contributed by atoms with Crippen molar-refractivity contribution < 1.29 is 4.39 Å². The van der Waals surface area contributed by atoms with Crippen molar-refractivity contribution in [1.82, 2.24) is 9.97 Å². The molecule has 0 aliphatic rings. The molecule has 0 bridgehead atoms. The zero-order valence-electron chi connectivity index (χ0n) is 13.0. The van der Waals surface area contributed by atoms with Crippen LogP contribution in [0.25, 0.3) is 0 Å². The van der Waals surface area contributed by atoms with E-state index in [-0.39, 0.29) is 5.82 Å². The average molecular weight is 308 g/mol. The summed E-state index contributed by atoms with van der Waals surface area (Å²) in [6.45, 7) is 4.14. The van der Waals surface area contributed by atoms with Crippen molar-refractivity contribution in [1.29, 1.82) is 0 Å². The SMILES string of the molecule is Cc1cccc(Nc2cc(Nc3ccc(F)cc3)ncn2)c1C. The van der Waals surface area contributed by atoms with Gasteiger partial charge in [0.1, 0.15) is 23.8 Å². The van der Waals surface area contributed by atoms with E-state index in [1.54, 1.807) is 12.1 Å². The van der Waals surface area contributed by atoms with Crippen molar-refractivity contribution in [2.24, 2.45) is 0 Å². The number of nitrogens with zero attached hydrogens (tertiary/aromatic N) is 2. The summed E-state index contributed by atoms with van der Waals surface area (Å²) < 4.78 is 12.9. The monoisotopic (exact) mass is 308 g/mol. The quantitative estimate of drug-likeness (QED) is 0.732. The zero-order chi connectivity index (χ0) is 16.2. The standard InChI is InChI=1S/C18H17FN4/c1-12-4-3-5-16(13(12)2)23-18-10-17(20-11-21-18)22-15-8-6-14(19)7-9-15/h3-11H,1-2H3,(H2,20,21,22,23). The maximum atomic E-state index is 12.9. The molecule has 0 aliphatic carbocycles. The summed E-state index contributed by atoms with van der Waals surface area (Å²) in [4.78, 5) is 8.42. The van der Waals surface area contributed by atoms with Gasteiger partial charge in [0, 0.05) is 17.4 Å². The summed E-state index contributed by atoms with van der Waals surface area (Å²) in [5.74, 6) is 1.06. The molecule has 1 aromatic heterocycles. The second kappa shape index (κ2) is 6.44. The number of halogens is 1. The lowest BCUT2D eigenvalue weighted by molar-refractivity contribution is 0.628. The Morgan fingerprint density at radius 3 is 2.30 bits per heavy atom. The summed E-state index contributed by atoms with van der Waals surface area (Å²) in [5, 5.41) is 6.42. The molecule has 3 rings (SSSR count). The van der Waals surface area contributed by atoms with E-state index in [4.69, 9.17) is 0 Å². The maximum absolute atomic E-state index is 12.9. The summed E-state index contributed by atoms with van der Waals surface area (Å²) in [7, 11) is 0. The van der Waals surface area contributed by atoms with Gasteiger partial charge < -0.3 is 10.6 Å². The fourth-order valence-corrected chi connectivity index (χ4v) is 2.20. The van der Waals surface area contributed by atoms with E-state index in [0.29, 0.717) is 11.6 Å². The minimum absolute atomic E-state index is 0.268. The fourth-order valence-electron chi connectivity index (χ4n) is 2.20. The molecule has 5 heteroatoms. The Morgan fingerprint density at radius 1 is 0.870 bits per heavy atom. The molecular weight excluding hydrogens is 291 g/mol. The first-order valence-corrected chi connectivity index (χ1v) is 7.30. The minimum Gasteiger partial charge on any atom is -0.340 e. The normalized spacial score (nSPS) is 10.4. The molecule has 2 aromatic carbocycles. The van der Waals surface area contributed by atoms with E-state index >= 15 is 0 Å². The number of benzene rings is 2. The number of hydrogen-bond donors (Lipinski definition) is 2. The van der Waals surface area contributed by atoms with Gasteiger partial charge in [-0.1, -0.05) is 12.1 Å². The summed E-state index contributed by atoms with van der Waals surface area (Å²) in [5.41, 5.74) is 4.17. The van der Waals surface area contributed by atoms with Crippen LogP contribution in [0.15, 0.2) is 54.9 Å². The highest BCUT2D eigenvalue weighted by Crippen LogP contribution is 2.23. The van der Waals surface area contributed by atoms with Crippen LogP contribution in [0.3, 0.4) is 0 Å². The van der Waals surface area contributed by atoms with Crippen molar-refractivity contribution in [3.63, 3.8) is 0 Å². The number of hydrogen-bond acceptors (Lipinski definition) is 4. The van der Waals surface area contributed by atoms with Crippen molar-refractivity contribution in [3.8, 4) is 0 Å². The summed E-state index contributed by atoms with van der Waals surface area (Å²) in [6.07, 6.45) is 1.49. The largest absolute Gasteiger partial charge is 0.340 e. The Hall–Kier alpha value is -2.95.